The zero-order chi connectivity index (χ0) is 10.0. The summed E-state index contributed by atoms with van der Waals surface area (Å²) in [5.74, 6) is -0.394. The van der Waals surface area contributed by atoms with E-state index in [0.29, 0.717) is 0 Å². The van der Waals surface area contributed by atoms with Crippen LogP contribution in [0.5, 0.6) is 11.6 Å². The first kappa shape index (κ1) is 10.4. The topological polar surface area (TPSA) is 42.4 Å². The smallest absolute Gasteiger partial charge is 0.266 e. The van der Waals surface area contributed by atoms with Crippen LogP contribution in [-0.2, 0) is 0 Å². The van der Waals surface area contributed by atoms with Gasteiger partial charge in [-0.25, -0.2) is 13.8 Å². The molecule has 0 saturated heterocycles. The number of aromatic nitrogens is 1. The van der Waals surface area contributed by atoms with Crippen molar-refractivity contribution in [3.8, 4) is 11.6 Å². The summed E-state index contributed by atoms with van der Waals surface area (Å²) in [6.45, 7) is 0. The van der Waals surface area contributed by atoms with E-state index in [9.17, 15) is 13.9 Å². The number of aromatic hydroxyl groups is 1. The van der Waals surface area contributed by atoms with Gasteiger partial charge < -0.3 is 9.84 Å². The lowest BCUT2D eigenvalue weighted by atomic mass is 10.3. The number of pyridine rings is 1. The van der Waals surface area contributed by atoms with Crippen LogP contribution in [0.1, 0.15) is 12.0 Å². The molecular weight excluding hydrogens is 295 g/mol. The Hall–Kier alpha value is -0.660. The highest BCUT2D eigenvalue weighted by atomic mass is 127. The molecule has 6 heteroatoms. The van der Waals surface area contributed by atoms with E-state index in [1.54, 1.807) is 22.6 Å². The van der Waals surface area contributed by atoms with Crippen LogP contribution >= 0.6 is 22.6 Å². The van der Waals surface area contributed by atoms with E-state index >= 15 is 0 Å². The largest absolute Gasteiger partial charge is 0.502 e. The van der Waals surface area contributed by atoms with Gasteiger partial charge >= 0.3 is 0 Å². The van der Waals surface area contributed by atoms with Crippen molar-refractivity contribution in [3.05, 3.63) is 15.3 Å². The minimum Gasteiger partial charge on any atom is -0.502 e. The van der Waals surface area contributed by atoms with Crippen molar-refractivity contribution in [2.75, 3.05) is 7.11 Å². The number of alkyl halides is 2. The molecule has 1 aromatic heterocycles. The van der Waals surface area contributed by atoms with Crippen LogP contribution in [0.25, 0.3) is 0 Å². The van der Waals surface area contributed by atoms with Gasteiger partial charge in [-0.3, -0.25) is 0 Å². The molecule has 0 aromatic carbocycles. The van der Waals surface area contributed by atoms with Crippen LogP contribution in [0.15, 0.2) is 6.20 Å². The fourth-order valence-corrected chi connectivity index (χ4v) is 1.38. The van der Waals surface area contributed by atoms with Gasteiger partial charge in [-0.1, -0.05) is 0 Å². The third-order valence-electron chi connectivity index (χ3n) is 1.41. The first-order chi connectivity index (χ1) is 6.07. The van der Waals surface area contributed by atoms with Crippen LogP contribution in [-0.4, -0.2) is 17.2 Å². The highest BCUT2D eigenvalue weighted by Gasteiger charge is 2.18. The molecule has 0 aliphatic rings. The maximum Gasteiger partial charge on any atom is 0.266 e. The summed E-state index contributed by atoms with van der Waals surface area (Å²) < 4.78 is 29.2. The van der Waals surface area contributed by atoms with Crippen LogP contribution in [0.3, 0.4) is 0 Å². The fourth-order valence-electron chi connectivity index (χ4n) is 0.778. The molecule has 3 nitrogen and oxygen atoms in total. The van der Waals surface area contributed by atoms with Gasteiger partial charge in [0.2, 0.25) is 0 Å². The maximum atomic E-state index is 12.2. The summed E-state index contributed by atoms with van der Waals surface area (Å²) >= 11 is 1.62. The average Bonchev–Trinajstić information content (AvgIpc) is 2.09. The summed E-state index contributed by atoms with van der Waals surface area (Å²) in [4.78, 5) is 3.52. The number of methoxy groups -OCH3 is 1. The molecular formula is C7H6F2INO2. The Morgan fingerprint density at radius 3 is 2.69 bits per heavy atom. The van der Waals surface area contributed by atoms with Gasteiger partial charge in [-0.2, -0.15) is 0 Å². The van der Waals surface area contributed by atoms with Gasteiger partial charge in [0.05, 0.1) is 16.2 Å². The van der Waals surface area contributed by atoms with Gasteiger partial charge in [0.15, 0.2) is 5.75 Å². The van der Waals surface area contributed by atoms with E-state index < -0.39 is 6.43 Å². The normalized spacial score (nSPS) is 10.5. The lowest BCUT2D eigenvalue weighted by molar-refractivity contribution is 0.149. The standard InChI is InChI=1S/C7H6F2INO2/c1-13-7-5(12)4(10)3(2-11-7)6(8)9/h2,6,12H,1H3. The van der Waals surface area contributed by atoms with Crippen LogP contribution < -0.4 is 4.74 Å². The van der Waals surface area contributed by atoms with Gasteiger partial charge in [0.1, 0.15) is 0 Å². The van der Waals surface area contributed by atoms with Gasteiger partial charge in [-0.15, -0.1) is 0 Å². The van der Waals surface area contributed by atoms with Gasteiger partial charge in [0.25, 0.3) is 12.3 Å². The predicted octanol–water partition coefficient (Wildman–Crippen LogP) is 2.34. The molecule has 0 aliphatic carbocycles. The van der Waals surface area contributed by atoms with Crippen molar-refractivity contribution in [2.45, 2.75) is 6.43 Å². The Morgan fingerprint density at radius 2 is 2.23 bits per heavy atom. The highest BCUT2D eigenvalue weighted by molar-refractivity contribution is 14.1. The first-order valence-electron chi connectivity index (χ1n) is 3.27. The van der Waals surface area contributed by atoms with Crippen molar-refractivity contribution in [3.63, 3.8) is 0 Å². The number of hydrogen-bond acceptors (Lipinski definition) is 3. The molecule has 1 rings (SSSR count). The van der Waals surface area contributed by atoms with E-state index in [-0.39, 0.29) is 20.8 Å². The number of ether oxygens (including phenoxy) is 1. The van der Waals surface area contributed by atoms with Gasteiger partial charge in [-0.05, 0) is 22.6 Å². The molecule has 1 N–H and O–H groups in total. The molecule has 0 atom stereocenters. The Morgan fingerprint density at radius 1 is 1.62 bits per heavy atom. The van der Waals surface area contributed by atoms with E-state index in [4.69, 9.17) is 0 Å². The lowest BCUT2D eigenvalue weighted by Gasteiger charge is -2.07. The summed E-state index contributed by atoms with van der Waals surface area (Å²) in [6.07, 6.45) is -1.65. The molecule has 0 bridgehead atoms. The van der Waals surface area contributed by atoms with Crippen molar-refractivity contribution in [1.82, 2.24) is 4.98 Å². The molecule has 13 heavy (non-hydrogen) atoms. The van der Waals surface area contributed by atoms with Gasteiger partial charge in [0, 0.05) is 6.20 Å². The zero-order valence-corrected chi connectivity index (χ0v) is 8.75. The van der Waals surface area contributed by atoms with E-state index in [0.717, 1.165) is 6.20 Å². The van der Waals surface area contributed by atoms with E-state index in [1.165, 1.54) is 7.11 Å². The fraction of sp³-hybridized carbons (Fsp3) is 0.286. The monoisotopic (exact) mass is 301 g/mol. The Balaban J connectivity index is 3.23. The third kappa shape index (κ3) is 1.98. The number of halogens is 3. The second-order valence-electron chi connectivity index (χ2n) is 2.19. The minimum atomic E-state index is -2.64. The molecule has 0 unspecified atom stereocenters. The molecule has 0 fully saturated rings. The number of rotatable bonds is 2. The molecule has 72 valence electrons. The quantitative estimate of drug-likeness (QED) is 0.853. The Kier molecular flexibility index (Phi) is 3.23. The summed E-state index contributed by atoms with van der Waals surface area (Å²) in [6, 6.07) is 0. The van der Waals surface area contributed by atoms with Crippen molar-refractivity contribution < 1.29 is 18.6 Å². The summed E-state index contributed by atoms with van der Waals surface area (Å²) in [5, 5.41) is 9.30. The van der Waals surface area contributed by atoms with E-state index in [1.807, 2.05) is 0 Å². The Bertz CT molecular complexity index is 320. The van der Waals surface area contributed by atoms with Crippen LogP contribution in [0.4, 0.5) is 8.78 Å². The van der Waals surface area contributed by atoms with Crippen LogP contribution in [0.2, 0.25) is 0 Å². The third-order valence-corrected chi connectivity index (χ3v) is 2.55. The number of hydrogen-bond donors (Lipinski definition) is 1. The predicted molar refractivity (Wildman–Crippen MR) is 50.1 cm³/mol. The maximum absolute atomic E-state index is 12.2. The molecule has 0 spiro atoms. The SMILES string of the molecule is COc1ncc(C(F)F)c(I)c1O. The highest BCUT2D eigenvalue weighted by Crippen LogP contribution is 2.35. The molecule has 1 heterocycles. The summed E-state index contributed by atoms with van der Waals surface area (Å²) in [7, 11) is 1.31. The molecule has 0 saturated carbocycles. The van der Waals surface area contributed by atoms with E-state index in [2.05, 4.69) is 9.72 Å². The molecule has 0 amide bonds. The number of nitrogens with zero attached hydrogens (tertiary/aromatic N) is 1. The van der Waals surface area contributed by atoms with Crippen molar-refractivity contribution in [1.29, 1.82) is 0 Å². The molecule has 0 radical (unpaired) electrons. The second kappa shape index (κ2) is 4.03. The van der Waals surface area contributed by atoms with Crippen LogP contribution in [0, 0.1) is 3.57 Å². The molecule has 0 aliphatic heterocycles. The lowest BCUT2D eigenvalue weighted by Crippen LogP contribution is -1.95. The van der Waals surface area contributed by atoms with Crippen molar-refractivity contribution >= 4 is 22.6 Å². The Labute approximate surface area is 86.9 Å². The summed E-state index contributed by atoms with van der Waals surface area (Å²) in [5.41, 5.74) is -0.293. The average molecular weight is 301 g/mol. The zero-order valence-electron chi connectivity index (χ0n) is 6.59. The second-order valence-corrected chi connectivity index (χ2v) is 3.26. The van der Waals surface area contributed by atoms with Crippen molar-refractivity contribution in [2.24, 2.45) is 0 Å². The minimum absolute atomic E-state index is 0.0474. The first-order valence-corrected chi connectivity index (χ1v) is 4.35. The molecule has 1 aromatic rings.